The van der Waals surface area contributed by atoms with Gasteiger partial charge in [-0.1, -0.05) is 42.5 Å². The molecule has 138 valence electrons. The highest BCUT2D eigenvalue weighted by Crippen LogP contribution is 2.36. The summed E-state index contributed by atoms with van der Waals surface area (Å²) in [7, 11) is 0. The van der Waals surface area contributed by atoms with E-state index < -0.39 is 11.9 Å². The molecule has 4 rings (SSSR count). The number of carboxylic acids is 1. The first-order chi connectivity index (χ1) is 13.6. The number of anilines is 1. The van der Waals surface area contributed by atoms with Crippen molar-refractivity contribution in [3.8, 4) is 0 Å². The lowest BCUT2D eigenvalue weighted by molar-refractivity contribution is -0.119. The van der Waals surface area contributed by atoms with E-state index in [-0.39, 0.29) is 18.0 Å². The van der Waals surface area contributed by atoms with Gasteiger partial charge in [-0.2, -0.15) is 5.10 Å². The minimum Gasteiger partial charge on any atom is -0.478 e. The Labute approximate surface area is 159 Å². The Morgan fingerprint density at radius 1 is 1.04 bits per heavy atom. The number of nitrogens with zero attached hydrogens (tertiary/aromatic N) is 2. The maximum Gasteiger partial charge on any atom is 0.336 e. The Bertz CT molecular complexity index is 1150. The Morgan fingerprint density at radius 3 is 2.57 bits per heavy atom. The van der Waals surface area contributed by atoms with Crippen molar-refractivity contribution < 1.29 is 19.5 Å². The van der Waals surface area contributed by atoms with Gasteiger partial charge in [0.2, 0.25) is 0 Å². The lowest BCUT2D eigenvalue weighted by Gasteiger charge is -2.16. The lowest BCUT2D eigenvalue weighted by atomic mass is 10.1. The summed E-state index contributed by atoms with van der Waals surface area (Å²) in [6.07, 6.45) is 1.27. The molecule has 1 aliphatic heterocycles. The Morgan fingerprint density at radius 2 is 1.79 bits per heavy atom. The molecule has 7 nitrogen and oxygen atoms in total. The van der Waals surface area contributed by atoms with E-state index in [1.165, 1.54) is 17.2 Å². The van der Waals surface area contributed by atoms with Crippen LogP contribution in [0.5, 0.6) is 0 Å². The zero-order valence-corrected chi connectivity index (χ0v) is 14.6. The van der Waals surface area contributed by atoms with Crippen molar-refractivity contribution >= 4 is 40.5 Å². The van der Waals surface area contributed by atoms with Crippen LogP contribution in [-0.4, -0.2) is 35.6 Å². The van der Waals surface area contributed by atoms with Gasteiger partial charge in [-0.05, 0) is 23.6 Å². The number of hydrogen-bond donors (Lipinski definition) is 2. The van der Waals surface area contributed by atoms with Crippen LogP contribution in [0.25, 0.3) is 10.8 Å². The normalized spacial score (nSPS) is 12.7. The molecular weight excluding hydrogens is 358 g/mol. The van der Waals surface area contributed by atoms with Crippen LogP contribution < -0.4 is 10.3 Å². The van der Waals surface area contributed by atoms with Gasteiger partial charge in [-0.15, -0.1) is 0 Å². The fourth-order valence-electron chi connectivity index (χ4n) is 3.29. The molecule has 0 fully saturated rings. The van der Waals surface area contributed by atoms with Crippen LogP contribution in [0, 0.1) is 0 Å². The highest BCUT2D eigenvalue weighted by Gasteiger charge is 2.30. The number of rotatable bonds is 5. The number of carbonyl (C=O) groups excluding carboxylic acids is 2. The Balaban J connectivity index is 1.49. The van der Waals surface area contributed by atoms with Gasteiger partial charge in [0.15, 0.2) is 0 Å². The zero-order valence-electron chi connectivity index (χ0n) is 14.6. The molecule has 0 saturated carbocycles. The number of carbonyl (C=O) groups is 3. The second kappa shape index (κ2) is 6.96. The molecule has 28 heavy (non-hydrogen) atoms. The molecule has 3 aromatic carbocycles. The van der Waals surface area contributed by atoms with Gasteiger partial charge in [0.25, 0.3) is 11.8 Å². The minimum absolute atomic E-state index is 0.0809. The van der Waals surface area contributed by atoms with Crippen molar-refractivity contribution in [3.63, 3.8) is 0 Å². The minimum atomic E-state index is -1.08. The first-order valence-electron chi connectivity index (χ1n) is 8.54. The Hall–Kier alpha value is -4.00. The summed E-state index contributed by atoms with van der Waals surface area (Å²) in [5, 5.41) is 14.8. The van der Waals surface area contributed by atoms with E-state index in [1.807, 2.05) is 24.3 Å². The SMILES string of the molecule is O=C(CN1C(=O)c2cccc3cccc1c23)N/N=C\c1ccccc1C(=O)O. The van der Waals surface area contributed by atoms with Gasteiger partial charge >= 0.3 is 5.97 Å². The molecule has 0 aliphatic carbocycles. The number of aromatic carboxylic acids is 1. The van der Waals surface area contributed by atoms with Gasteiger partial charge in [-0.3, -0.25) is 14.5 Å². The molecule has 2 N–H and O–H groups in total. The fourth-order valence-corrected chi connectivity index (χ4v) is 3.29. The zero-order chi connectivity index (χ0) is 19.7. The van der Waals surface area contributed by atoms with E-state index in [1.54, 1.807) is 30.3 Å². The van der Waals surface area contributed by atoms with Gasteiger partial charge < -0.3 is 5.11 Å². The molecule has 0 unspecified atom stereocenters. The van der Waals surface area contributed by atoms with Crippen molar-refractivity contribution in [2.24, 2.45) is 5.10 Å². The number of hydrogen-bond acceptors (Lipinski definition) is 4. The third-order valence-electron chi connectivity index (χ3n) is 4.53. The van der Waals surface area contributed by atoms with Crippen LogP contribution in [0.15, 0.2) is 65.8 Å². The van der Waals surface area contributed by atoms with E-state index in [9.17, 15) is 14.4 Å². The van der Waals surface area contributed by atoms with E-state index in [0.29, 0.717) is 16.8 Å². The Kier molecular flexibility index (Phi) is 4.33. The van der Waals surface area contributed by atoms with Gasteiger partial charge in [-0.25, -0.2) is 10.2 Å². The van der Waals surface area contributed by atoms with E-state index in [2.05, 4.69) is 10.5 Å². The molecule has 0 bridgehead atoms. The van der Waals surface area contributed by atoms with E-state index in [4.69, 9.17) is 5.11 Å². The highest BCUT2D eigenvalue weighted by atomic mass is 16.4. The van der Waals surface area contributed by atoms with Crippen LogP contribution in [0.4, 0.5) is 5.69 Å². The fraction of sp³-hybridized carbons (Fsp3) is 0.0476. The van der Waals surface area contributed by atoms with Crippen molar-refractivity contribution in [3.05, 3.63) is 77.4 Å². The first kappa shape index (κ1) is 17.4. The summed E-state index contributed by atoms with van der Waals surface area (Å²) in [6.45, 7) is -0.190. The van der Waals surface area contributed by atoms with Gasteiger partial charge in [0.1, 0.15) is 6.54 Å². The van der Waals surface area contributed by atoms with Crippen LogP contribution in [0.2, 0.25) is 0 Å². The van der Waals surface area contributed by atoms with Crippen LogP contribution in [0.3, 0.4) is 0 Å². The third kappa shape index (κ3) is 2.99. The molecule has 0 radical (unpaired) electrons. The van der Waals surface area contributed by atoms with Crippen molar-refractivity contribution in [1.29, 1.82) is 0 Å². The van der Waals surface area contributed by atoms with Crippen molar-refractivity contribution in [2.45, 2.75) is 0 Å². The third-order valence-corrected chi connectivity index (χ3v) is 4.53. The standard InChI is InChI=1S/C21H15N3O4/c25-18(23-22-11-14-5-1-2-8-15(14)21(27)28)12-24-17-10-4-7-13-6-3-9-16(19(13)17)20(24)26/h1-11H,12H2,(H,23,25)(H,27,28)/b22-11-. The van der Waals surface area contributed by atoms with Crippen molar-refractivity contribution in [1.82, 2.24) is 5.43 Å². The maximum atomic E-state index is 12.7. The second-order valence-corrected chi connectivity index (χ2v) is 6.26. The number of carboxylic acid groups (broad SMARTS) is 1. The molecule has 1 aliphatic rings. The number of benzene rings is 3. The molecule has 0 spiro atoms. The quantitative estimate of drug-likeness (QED) is 0.530. The average molecular weight is 373 g/mol. The number of nitrogens with one attached hydrogen (secondary N) is 1. The summed E-state index contributed by atoms with van der Waals surface area (Å²) >= 11 is 0. The summed E-state index contributed by atoms with van der Waals surface area (Å²) in [5.41, 5.74) is 4.05. The number of amides is 2. The lowest BCUT2D eigenvalue weighted by Crippen LogP contribution is -2.37. The van der Waals surface area contributed by atoms with Crippen molar-refractivity contribution in [2.75, 3.05) is 11.4 Å². The largest absolute Gasteiger partial charge is 0.478 e. The summed E-state index contributed by atoms with van der Waals surface area (Å²) in [6, 6.07) is 17.4. The summed E-state index contributed by atoms with van der Waals surface area (Å²) in [4.78, 5) is 37.6. The number of hydrazone groups is 1. The monoisotopic (exact) mass is 373 g/mol. The maximum absolute atomic E-state index is 12.7. The first-order valence-corrected chi connectivity index (χ1v) is 8.54. The van der Waals surface area contributed by atoms with Crippen LogP contribution in [-0.2, 0) is 4.79 Å². The van der Waals surface area contributed by atoms with Gasteiger partial charge in [0.05, 0.1) is 17.5 Å². The second-order valence-electron chi connectivity index (χ2n) is 6.26. The predicted octanol–water partition coefficient (Wildman–Crippen LogP) is 2.65. The highest BCUT2D eigenvalue weighted by molar-refractivity contribution is 6.26. The van der Waals surface area contributed by atoms with Crippen LogP contribution >= 0.6 is 0 Å². The molecule has 0 aromatic heterocycles. The molecular formula is C21H15N3O4. The predicted molar refractivity (Wildman–Crippen MR) is 105 cm³/mol. The van der Waals surface area contributed by atoms with Crippen LogP contribution in [0.1, 0.15) is 26.3 Å². The topological polar surface area (TPSA) is 99.1 Å². The molecule has 0 saturated heterocycles. The molecule has 1 heterocycles. The molecule has 7 heteroatoms. The summed E-state index contributed by atoms with van der Waals surface area (Å²) in [5.74, 6) is -1.80. The van der Waals surface area contributed by atoms with E-state index >= 15 is 0 Å². The molecule has 3 aromatic rings. The average Bonchev–Trinajstić information content (AvgIpc) is 2.96. The van der Waals surface area contributed by atoms with Gasteiger partial charge in [0, 0.05) is 16.5 Å². The smallest absolute Gasteiger partial charge is 0.336 e. The van der Waals surface area contributed by atoms with E-state index in [0.717, 1.165) is 10.8 Å². The molecule has 2 amide bonds. The molecule has 0 atom stereocenters. The summed E-state index contributed by atoms with van der Waals surface area (Å²) < 4.78 is 0.